The van der Waals surface area contributed by atoms with E-state index in [1.54, 1.807) is 5.57 Å². The van der Waals surface area contributed by atoms with Crippen LogP contribution in [0.5, 0.6) is 0 Å². The number of aliphatic hydroxyl groups is 1. The van der Waals surface area contributed by atoms with E-state index in [0.29, 0.717) is 12.0 Å². The maximum atomic E-state index is 10.6. The maximum Gasteiger partial charge on any atom is 0.129 e. The summed E-state index contributed by atoms with van der Waals surface area (Å²) < 4.78 is 0. The maximum absolute atomic E-state index is 10.6. The van der Waals surface area contributed by atoms with Crippen molar-refractivity contribution in [3.8, 4) is 0 Å². The van der Waals surface area contributed by atoms with Crippen molar-refractivity contribution in [1.29, 1.82) is 0 Å². The lowest BCUT2D eigenvalue weighted by Crippen LogP contribution is -2.53. The van der Waals surface area contributed by atoms with Crippen molar-refractivity contribution in [3.63, 3.8) is 0 Å². The van der Waals surface area contributed by atoms with Gasteiger partial charge >= 0.3 is 0 Å². The lowest BCUT2D eigenvalue weighted by molar-refractivity contribution is -0.115. The van der Waals surface area contributed by atoms with E-state index in [1.807, 2.05) is 20.3 Å². The lowest BCUT2D eigenvalue weighted by atomic mass is 9.45. The monoisotopic (exact) mass is 402 g/mol. The molecule has 0 bridgehead atoms. The van der Waals surface area contributed by atoms with Crippen LogP contribution in [0.1, 0.15) is 71.6 Å². The van der Waals surface area contributed by atoms with E-state index in [4.69, 9.17) is 4.84 Å². The van der Waals surface area contributed by atoms with Crippen LogP contribution in [0.4, 0.5) is 0 Å². The molecule has 4 rings (SSSR count). The smallest absolute Gasteiger partial charge is 0.129 e. The van der Waals surface area contributed by atoms with Crippen LogP contribution in [0, 0.1) is 34.5 Å². The van der Waals surface area contributed by atoms with Crippen LogP contribution < -0.4 is 0 Å². The Kier molecular flexibility index (Phi) is 6.14. The Morgan fingerprint density at radius 2 is 1.86 bits per heavy atom. The van der Waals surface area contributed by atoms with Crippen molar-refractivity contribution in [2.75, 3.05) is 27.2 Å². The van der Waals surface area contributed by atoms with E-state index in [-0.39, 0.29) is 11.5 Å². The average molecular weight is 403 g/mol. The van der Waals surface area contributed by atoms with E-state index in [0.717, 1.165) is 36.6 Å². The Morgan fingerprint density at radius 1 is 1.07 bits per heavy atom. The van der Waals surface area contributed by atoms with Crippen LogP contribution in [0.15, 0.2) is 16.8 Å². The van der Waals surface area contributed by atoms with Gasteiger partial charge < -0.3 is 14.8 Å². The van der Waals surface area contributed by atoms with Crippen LogP contribution in [0.2, 0.25) is 0 Å². The van der Waals surface area contributed by atoms with Gasteiger partial charge in [0.15, 0.2) is 0 Å². The fraction of sp³-hybridized carbons (Fsp3) is 0.880. The molecule has 0 aromatic rings. The zero-order valence-electron chi connectivity index (χ0n) is 19.1. The van der Waals surface area contributed by atoms with E-state index >= 15 is 0 Å². The van der Waals surface area contributed by atoms with Gasteiger partial charge in [-0.1, -0.05) is 24.6 Å². The van der Waals surface area contributed by atoms with Gasteiger partial charge in [0.05, 0.1) is 12.3 Å². The first-order valence-corrected chi connectivity index (χ1v) is 12.0. The molecule has 29 heavy (non-hydrogen) atoms. The second-order valence-electron chi connectivity index (χ2n) is 11.2. The molecule has 0 saturated heterocycles. The highest BCUT2D eigenvalue weighted by Gasteiger charge is 2.59. The Bertz CT molecular complexity index is 645. The zero-order chi connectivity index (χ0) is 20.6. The first-order valence-electron chi connectivity index (χ1n) is 12.0. The molecule has 0 aromatic carbocycles. The number of fused-ring (bicyclic) bond motifs is 5. The topological polar surface area (TPSA) is 45.1 Å². The molecule has 0 aromatic heterocycles. The molecule has 4 aliphatic carbocycles. The largest absolute Gasteiger partial charge is 0.394 e. The SMILES string of the molecule is CN(C)CCON=C/C=C1\CC[C@@]2(C)C(CCC3C2CC[C@@]2(C)C3CC[C@@H]2O)C1. The van der Waals surface area contributed by atoms with Gasteiger partial charge in [-0.25, -0.2) is 0 Å². The summed E-state index contributed by atoms with van der Waals surface area (Å²) in [5.74, 6) is 3.30. The first kappa shape index (κ1) is 21.4. The van der Waals surface area contributed by atoms with E-state index < -0.39 is 0 Å². The molecular weight excluding hydrogens is 360 g/mol. The van der Waals surface area contributed by atoms with Crippen molar-refractivity contribution in [2.45, 2.75) is 77.7 Å². The predicted molar refractivity (Wildman–Crippen MR) is 119 cm³/mol. The van der Waals surface area contributed by atoms with Gasteiger partial charge in [-0.15, -0.1) is 0 Å². The van der Waals surface area contributed by atoms with Crippen LogP contribution in [-0.4, -0.2) is 49.6 Å². The van der Waals surface area contributed by atoms with Gasteiger partial charge in [0.1, 0.15) is 6.61 Å². The van der Waals surface area contributed by atoms with Gasteiger partial charge in [0.2, 0.25) is 0 Å². The first-order chi connectivity index (χ1) is 13.8. The van der Waals surface area contributed by atoms with Gasteiger partial charge in [-0.3, -0.25) is 0 Å². The molecule has 0 aliphatic heterocycles. The number of allylic oxidation sites excluding steroid dienone is 2. The summed E-state index contributed by atoms with van der Waals surface area (Å²) in [6, 6.07) is 0. The van der Waals surface area contributed by atoms with Crippen molar-refractivity contribution in [2.24, 2.45) is 39.7 Å². The van der Waals surface area contributed by atoms with E-state index in [1.165, 1.54) is 51.4 Å². The van der Waals surface area contributed by atoms with Crippen LogP contribution in [0.3, 0.4) is 0 Å². The molecule has 164 valence electrons. The molecule has 0 heterocycles. The van der Waals surface area contributed by atoms with Gasteiger partial charge in [0, 0.05) is 6.54 Å². The summed E-state index contributed by atoms with van der Waals surface area (Å²) >= 11 is 0. The predicted octanol–water partition coefficient (Wildman–Crippen LogP) is 4.88. The van der Waals surface area contributed by atoms with Crippen molar-refractivity contribution in [1.82, 2.24) is 4.90 Å². The molecule has 4 saturated carbocycles. The third kappa shape index (κ3) is 3.92. The Balaban J connectivity index is 1.38. The van der Waals surface area contributed by atoms with Crippen LogP contribution >= 0.6 is 0 Å². The summed E-state index contributed by atoms with van der Waals surface area (Å²) in [4.78, 5) is 7.46. The summed E-state index contributed by atoms with van der Waals surface area (Å²) in [5.41, 5.74) is 2.25. The van der Waals surface area contributed by atoms with Crippen molar-refractivity contribution in [3.05, 3.63) is 11.6 Å². The second-order valence-corrected chi connectivity index (χ2v) is 11.2. The number of hydrogen-bond acceptors (Lipinski definition) is 4. The Labute approximate surface area is 177 Å². The number of aliphatic hydroxyl groups excluding tert-OH is 1. The average Bonchev–Trinajstić information content (AvgIpc) is 2.99. The Morgan fingerprint density at radius 3 is 2.66 bits per heavy atom. The van der Waals surface area contributed by atoms with Crippen molar-refractivity contribution >= 4 is 6.21 Å². The summed E-state index contributed by atoms with van der Waals surface area (Å²) in [6.07, 6.45) is 15.4. The number of nitrogens with zero attached hydrogens (tertiary/aromatic N) is 2. The highest BCUT2D eigenvalue weighted by molar-refractivity contribution is 5.71. The standard InChI is InChI=1S/C25H42N2O2/c1-24-12-9-18(11-14-26-29-16-15-27(3)4)17-19(24)5-6-20-21-7-8-23(28)25(21,2)13-10-22(20)24/h11,14,19-23,28H,5-10,12-13,15-17H2,1-4H3/b18-11+,26-14?/t19?,20?,21?,22?,23-,24-,25-/m0/s1. The van der Waals surface area contributed by atoms with E-state index in [9.17, 15) is 5.11 Å². The normalized spacial score (nSPS) is 46.0. The fourth-order valence-corrected chi connectivity index (χ4v) is 7.69. The summed E-state index contributed by atoms with van der Waals surface area (Å²) in [7, 11) is 4.09. The highest BCUT2D eigenvalue weighted by Crippen LogP contribution is 2.66. The van der Waals surface area contributed by atoms with Gasteiger partial charge in [-0.2, -0.15) is 0 Å². The minimum Gasteiger partial charge on any atom is -0.394 e. The molecular formula is C25H42N2O2. The molecule has 0 radical (unpaired) electrons. The zero-order valence-corrected chi connectivity index (χ0v) is 19.1. The lowest BCUT2D eigenvalue weighted by Gasteiger charge is -2.60. The number of oxime groups is 1. The quantitative estimate of drug-likeness (QED) is 0.405. The van der Waals surface area contributed by atoms with Crippen LogP contribution in [-0.2, 0) is 4.84 Å². The third-order valence-corrected chi connectivity index (χ3v) is 9.58. The van der Waals surface area contributed by atoms with Crippen LogP contribution in [0.25, 0.3) is 0 Å². The minimum atomic E-state index is -0.0564. The van der Waals surface area contributed by atoms with E-state index in [2.05, 4.69) is 30.0 Å². The molecule has 7 atom stereocenters. The molecule has 0 spiro atoms. The Hall–Kier alpha value is -0.870. The molecule has 4 heteroatoms. The summed E-state index contributed by atoms with van der Waals surface area (Å²) in [5, 5.41) is 14.8. The second kappa shape index (κ2) is 8.34. The minimum absolute atomic E-state index is 0.0564. The fourth-order valence-electron chi connectivity index (χ4n) is 7.69. The third-order valence-electron chi connectivity index (χ3n) is 9.58. The van der Waals surface area contributed by atoms with Gasteiger partial charge in [0.25, 0.3) is 0 Å². The number of rotatable bonds is 5. The van der Waals surface area contributed by atoms with Gasteiger partial charge in [-0.05, 0) is 112 Å². The van der Waals surface area contributed by atoms with Crippen molar-refractivity contribution < 1.29 is 9.94 Å². The number of hydrogen-bond donors (Lipinski definition) is 1. The molecule has 4 aliphatic rings. The molecule has 1 N–H and O–H groups in total. The molecule has 4 fully saturated rings. The molecule has 0 amide bonds. The highest BCUT2D eigenvalue weighted by atomic mass is 16.6. The number of likely N-dealkylation sites (N-methyl/N-ethyl adjacent to an activating group) is 1. The molecule has 4 nitrogen and oxygen atoms in total. The summed E-state index contributed by atoms with van der Waals surface area (Å²) in [6.45, 7) is 6.54. The molecule has 4 unspecified atom stereocenters.